The van der Waals surface area contributed by atoms with Gasteiger partial charge in [-0.15, -0.1) is 0 Å². The van der Waals surface area contributed by atoms with Crippen LogP contribution in [0.3, 0.4) is 0 Å². The van der Waals surface area contributed by atoms with E-state index in [-0.39, 0.29) is 0 Å². The van der Waals surface area contributed by atoms with Crippen LogP contribution in [0.2, 0.25) is 0 Å². The second-order valence-corrected chi connectivity index (χ2v) is 5.33. The first-order valence-corrected chi connectivity index (χ1v) is 7.10. The molecule has 2 N–H and O–H groups in total. The summed E-state index contributed by atoms with van der Waals surface area (Å²) in [7, 11) is 0. The number of anilines is 2. The normalized spacial score (nSPS) is 20.7. The van der Waals surface area contributed by atoms with E-state index >= 15 is 0 Å². The fourth-order valence-corrected chi connectivity index (χ4v) is 2.30. The van der Waals surface area contributed by atoms with Crippen LogP contribution in [0.4, 0.5) is 11.8 Å². The number of halogens is 1. The molecule has 0 amide bonds. The van der Waals surface area contributed by atoms with Crippen molar-refractivity contribution in [1.82, 2.24) is 9.97 Å². The lowest BCUT2D eigenvalue weighted by atomic mass is 10.0. The molecule has 0 saturated carbocycles. The van der Waals surface area contributed by atoms with Gasteiger partial charge in [-0.2, -0.15) is 4.98 Å². The Morgan fingerprint density at radius 2 is 2.44 bits per heavy atom. The van der Waals surface area contributed by atoms with Crippen molar-refractivity contribution in [3.8, 4) is 0 Å². The summed E-state index contributed by atoms with van der Waals surface area (Å²) in [5.74, 6) is 2.04. The third-order valence-electron chi connectivity index (χ3n) is 3.12. The number of hydrogen-bond donors (Lipinski definition) is 2. The molecule has 2 unspecified atom stereocenters. The van der Waals surface area contributed by atoms with Crippen LogP contribution in [0.15, 0.2) is 10.7 Å². The summed E-state index contributed by atoms with van der Waals surface area (Å²) in [5, 5.41) is 6.54. The van der Waals surface area contributed by atoms with Gasteiger partial charge >= 0.3 is 0 Å². The molecule has 1 fully saturated rings. The zero-order chi connectivity index (χ0) is 13.0. The Morgan fingerprint density at radius 1 is 1.61 bits per heavy atom. The van der Waals surface area contributed by atoms with E-state index in [4.69, 9.17) is 4.74 Å². The average Bonchev–Trinajstić information content (AvgIpc) is 2.87. The van der Waals surface area contributed by atoms with Crippen LogP contribution in [0.5, 0.6) is 0 Å². The summed E-state index contributed by atoms with van der Waals surface area (Å²) in [5.41, 5.74) is 0. The maximum Gasteiger partial charge on any atom is 0.224 e. The molecule has 18 heavy (non-hydrogen) atoms. The topological polar surface area (TPSA) is 59.1 Å². The van der Waals surface area contributed by atoms with Crippen molar-refractivity contribution >= 4 is 27.7 Å². The zero-order valence-electron chi connectivity index (χ0n) is 10.7. The number of nitrogens with zero attached hydrogens (tertiary/aromatic N) is 2. The molecule has 2 heterocycles. The number of aromatic nitrogens is 2. The molecule has 0 aliphatic carbocycles. The van der Waals surface area contributed by atoms with Crippen LogP contribution < -0.4 is 10.6 Å². The maximum atomic E-state index is 5.41. The van der Waals surface area contributed by atoms with Gasteiger partial charge in [-0.3, -0.25) is 0 Å². The number of rotatable bonds is 5. The second kappa shape index (κ2) is 6.33. The summed E-state index contributed by atoms with van der Waals surface area (Å²) in [6, 6.07) is 0.341. The molecule has 1 aliphatic rings. The van der Waals surface area contributed by atoms with Gasteiger partial charge < -0.3 is 15.4 Å². The maximum absolute atomic E-state index is 5.41. The molecule has 6 heteroatoms. The molecular weight excluding hydrogens is 296 g/mol. The predicted octanol–water partition coefficient (Wildman–Crippen LogP) is 2.51. The molecule has 0 aromatic carbocycles. The highest BCUT2D eigenvalue weighted by molar-refractivity contribution is 9.10. The Hall–Kier alpha value is -0.880. The van der Waals surface area contributed by atoms with Crippen molar-refractivity contribution < 1.29 is 4.74 Å². The Balaban J connectivity index is 2.04. The molecule has 1 saturated heterocycles. The molecule has 2 atom stereocenters. The highest BCUT2D eigenvalue weighted by atomic mass is 79.9. The first kappa shape index (κ1) is 13.5. The van der Waals surface area contributed by atoms with E-state index < -0.39 is 0 Å². The molecule has 1 aromatic rings. The van der Waals surface area contributed by atoms with Gasteiger partial charge in [0.15, 0.2) is 0 Å². The number of nitrogens with one attached hydrogen (secondary N) is 2. The Bertz CT molecular complexity index is 396. The van der Waals surface area contributed by atoms with Crippen LogP contribution in [0, 0.1) is 5.92 Å². The van der Waals surface area contributed by atoms with Crippen molar-refractivity contribution in [3.05, 3.63) is 10.7 Å². The van der Waals surface area contributed by atoms with Crippen molar-refractivity contribution in [2.24, 2.45) is 5.92 Å². The van der Waals surface area contributed by atoms with Crippen LogP contribution in [0.1, 0.15) is 20.3 Å². The first-order chi connectivity index (χ1) is 8.70. The Morgan fingerprint density at radius 3 is 3.11 bits per heavy atom. The Labute approximate surface area is 116 Å². The highest BCUT2D eigenvalue weighted by Crippen LogP contribution is 2.24. The van der Waals surface area contributed by atoms with Gasteiger partial charge in [0.25, 0.3) is 0 Å². The van der Waals surface area contributed by atoms with Gasteiger partial charge in [-0.1, -0.05) is 0 Å². The molecule has 2 rings (SSSR count). The summed E-state index contributed by atoms with van der Waals surface area (Å²) in [6.07, 6.45) is 2.88. The smallest absolute Gasteiger partial charge is 0.224 e. The lowest BCUT2D eigenvalue weighted by Crippen LogP contribution is -2.27. The third-order valence-corrected chi connectivity index (χ3v) is 3.70. The standard InChI is InChI=1S/C12H19BrN4O/c1-3-14-12-15-6-10(13)11(17-12)16-8(2)9-4-5-18-7-9/h6,8-9H,3-5,7H2,1-2H3,(H2,14,15,16,17). The lowest BCUT2D eigenvalue weighted by Gasteiger charge is -2.20. The van der Waals surface area contributed by atoms with E-state index in [9.17, 15) is 0 Å². The van der Waals surface area contributed by atoms with E-state index in [1.54, 1.807) is 6.20 Å². The molecular formula is C12H19BrN4O. The van der Waals surface area contributed by atoms with Gasteiger partial charge in [-0.05, 0) is 36.2 Å². The predicted molar refractivity (Wildman–Crippen MR) is 75.9 cm³/mol. The van der Waals surface area contributed by atoms with Crippen LogP contribution >= 0.6 is 15.9 Å². The second-order valence-electron chi connectivity index (χ2n) is 4.48. The summed E-state index contributed by atoms with van der Waals surface area (Å²) in [6.45, 7) is 6.70. The van der Waals surface area contributed by atoms with E-state index in [0.717, 1.165) is 36.5 Å². The average molecular weight is 315 g/mol. The molecule has 0 spiro atoms. The van der Waals surface area contributed by atoms with Crippen molar-refractivity contribution in [2.45, 2.75) is 26.3 Å². The van der Waals surface area contributed by atoms with Crippen LogP contribution in [-0.4, -0.2) is 35.8 Å². The molecule has 100 valence electrons. The minimum Gasteiger partial charge on any atom is -0.381 e. The van der Waals surface area contributed by atoms with Gasteiger partial charge in [-0.25, -0.2) is 4.98 Å². The SMILES string of the molecule is CCNc1ncc(Br)c(NC(C)C2CCOC2)n1. The highest BCUT2D eigenvalue weighted by Gasteiger charge is 2.23. The van der Waals surface area contributed by atoms with Crippen molar-refractivity contribution in [3.63, 3.8) is 0 Å². The van der Waals surface area contributed by atoms with E-state index in [1.807, 2.05) is 6.92 Å². The molecule has 1 aliphatic heterocycles. The summed E-state index contributed by atoms with van der Waals surface area (Å²) < 4.78 is 6.30. The van der Waals surface area contributed by atoms with Gasteiger partial charge in [0.05, 0.1) is 11.1 Å². The number of hydrogen-bond acceptors (Lipinski definition) is 5. The molecule has 1 aromatic heterocycles. The van der Waals surface area contributed by atoms with Crippen molar-refractivity contribution in [1.29, 1.82) is 0 Å². The lowest BCUT2D eigenvalue weighted by molar-refractivity contribution is 0.183. The van der Waals surface area contributed by atoms with Crippen LogP contribution in [-0.2, 0) is 4.74 Å². The van der Waals surface area contributed by atoms with E-state index in [2.05, 4.69) is 43.5 Å². The largest absolute Gasteiger partial charge is 0.381 e. The molecule has 5 nitrogen and oxygen atoms in total. The van der Waals surface area contributed by atoms with Gasteiger partial charge in [0.2, 0.25) is 5.95 Å². The summed E-state index contributed by atoms with van der Waals surface area (Å²) >= 11 is 3.47. The Kier molecular flexibility index (Phi) is 4.77. The van der Waals surface area contributed by atoms with Gasteiger partial charge in [0, 0.05) is 31.3 Å². The first-order valence-electron chi connectivity index (χ1n) is 6.31. The number of ether oxygens (including phenoxy) is 1. The zero-order valence-corrected chi connectivity index (χ0v) is 12.3. The fraction of sp³-hybridized carbons (Fsp3) is 0.667. The minimum atomic E-state index is 0.341. The van der Waals surface area contributed by atoms with Gasteiger partial charge in [0.1, 0.15) is 5.82 Å². The fourth-order valence-electron chi connectivity index (χ4n) is 1.99. The van der Waals surface area contributed by atoms with Crippen LogP contribution in [0.25, 0.3) is 0 Å². The summed E-state index contributed by atoms with van der Waals surface area (Å²) in [4.78, 5) is 8.65. The van der Waals surface area contributed by atoms with E-state index in [1.165, 1.54) is 0 Å². The third kappa shape index (κ3) is 3.32. The monoisotopic (exact) mass is 314 g/mol. The van der Waals surface area contributed by atoms with E-state index in [0.29, 0.717) is 17.9 Å². The quantitative estimate of drug-likeness (QED) is 0.874. The minimum absolute atomic E-state index is 0.341. The molecule has 0 radical (unpaired) electrons. The molecule has 0 bridgehead atoms. The van der Waals surface area contributed by atoms with Crippen molar-refractivity contribution in [2.75, 3.05) is 30.4 Å².